The van der Waals surface area contributed by atoms with Gasteiger partial charge in [0.2, 0.25) is 0 Å². The summed E-state index contributed by atoms with van der Waals surface area (Å²) in [5, 5.41) is 19.5. The summed E-state index contributed by atoms with van der Waals surface area (Å²) in [5.74, 6) is 0.864. The number of rotatable bonds is 4. The molecule has 3 nitrogen and oxygen atoms in total. The molecule has 0 fully saturated rings. The summed E-state index contributed by atoms with van der Waals surface area (Å²) in [5.41, 5.74) is 6.52. The van der Waals surface area contributed by atoms with Crippen molar-refractivity contribution >= 4 is 0 Å². The van der Waals surface area contributed by atoms with Gasteiger partial charge in [0.05, 0.1) is 5.41 Å². The molecule has 0 saturated heterocycles. The van der Waals surface area contributed by atoms with E-state index in [1.807, 2.05) is 24.3 Å². The Bertz CT molecular complexity index is 1150. The lowest BCUT2D eigenvalue weighted by Crippen LogP contribution is -2.28. The van der Waals surface area contributed by atoms with Crippen LogP contribution in [0.25, 0.3) is 11.1 Å². The SMILES string of the molecule is CC(O)Oc1ccc(C2(c3ccc(O)cc3)c3ccccc3-c3ccccc32)cc1. The maximum atomic E-state index is 9.92. The zero-order chi connectivity index (χ0) is 20.7. The fourth-order valence-corrected chi connectivity index (χ4v) is 4.72. The van der Waals surface area contributed by atoms with E-state index >= 15 is 0 Å². The number of phenols is 1. The van der Waals surface area contributed by atoms with E-state index < -0.39 is 11.7 Å². The smallest absolute Gasteiger partial charge is 0.194 e. The van der Waals surface area contributed by atoms with Crippen LogP contribution in [-0.2, 0) is 5.41 Å². The van der Waals surface area contributed by atoms with Crippen LogP contribution in [0.5, 0.6) is 11.5 Å². The van der Waals surface area contributed by atoms with Crippen molar-refractivity contribution < 1.29 is 14.9 Å². The van der Waals surface area contributed by atoms with Crippen molar-refractivity contribution in [3.63, 3.8) is 0 Å². The minimum absolute atomic E-state index is 0.245. The zero-order valence-electron chi connectivity index (χ0n) is 16.6. The van der Waals surface area contributed by atoms with E-state index in [-0.39, 0.29) is 5.75 Å². The van der Waals surface area contributed by atoms with Crippen LogP contribution in [0.4, 0.5) is 0 Å². The van der Waals surface area contributed by atoms with Crippen LogP contribution in [0.1, 0.15) is 29.2 Å². The van der Waals surface area contributed by atoms with Crippen molar-refractivity contribution in [2.45, 2.75) is 18.6 Å². The molecule has 30 heavy (non-hydrogen) atoms. The number of ether oxygens (including phenoxy) is 1. The van der Waals surface area contributed by atoms with Crippen LogP contribution < -0.4 is 4.74 Å². The number of benzene rings is 4. The van der Waals surface area contributed by atoms with E-state index in [1.54, 1.807) is 19.1 Å². The Balaban J connectivity index is 1.82. The molecule has 2 N–H and O–H groups in total. The maximum Gasteiger partial charge on any atom is 0.194 e. The first-order valence-corrected chi connectivity index (χ1v) is 10.0. The fourth-order valence-electron chi connectivity index (χ4n) is 4.72. The van der Waals surface area contributed by atoms with E-state index in [2.05, 4.69) is 60.7 Å². The summed E-state index contributed by atoms with van der Waals surface area (Å²) in [4.78, 5) is 0. The van der Waals surface area contributed by atoms with Gasteiger partial charge in [-0.15, -0.1) is 0 Å². The second kappa shape index (κ2) is 7.05. The van der Waals surface area contributed by atoms with Gasteiger partial charge in [0.15, 0.2) is 6.29 Å². The van der Waals surface area contributed by atoms with Crippen LogP contribution in [0.2, 0.25) is 0 Å². The molecular formula is C27H22O3. The first-order valence-electron chi connectivity index (χ1n) is 10.0. The molecule has 0 spiro atoms. The van der Waals surface area contributed by atoms with Gasteiger partial charge in [-0.2, -0.15) is 0 Å². The largest absolute Gasteiger partial charge is 0.508 e. The molecule has 1 aliphatic rings. The van der Waals surface area contributed by atoms with Gasteiger partial charge in [0, 0.05) is 0 Å². The third-order valence-corrected chi connectivity index (χ3v) is 5.85. The third-order valence-electron chi connectivity index (χ3n) is 5.85. The second-order valence-electron chi connectivity index (χ2n) is 7.63. The Kier molecular flexibility index (Phi) is 4.34. The van der Waals surface area contributed by atoms with Crippen molar-refractivity contribution in [1.29, 1.82) is 0 Å². The van der Waals surface area contributed by atoms with E-state index in [9.17, 15) is 10.2 Å². The minimum Gasteiger partial charge on any atom is -0.508 e. The van der Waals surface area contributed by atoms with Crippen LogP contribution >= 0.6 is 0 Å². The first kappa shape index (κ1) is 18.5. The van der Waals surface area contributed by atoms with Gasteiger partial charge in [0.25, 0.3) is 0 Å². The van der Waals surface area contributed by atoms with Crippen molar-refractivity contribution in [2.24, 2.45) is 0 Å². The molecule has 1 aliphatic carbocycles. The summed E-state index contributed by atoms with van der Waals surface area (Å²) in [6.45, 7) is 1.59. The molecule has 0 aromatic heterocycles. The molecule has 1 atom stereocenters. The number of fused-ring (bicyclic) bond motifs is 3. The molecule has 0 saturated carbocycles. The maximum absolute atomic E-state index is 9.92. The average Bonchev–Trinajstić information content (AvgIpc) is 3.06. The number of phenolic OH excluding ortho intramolecular Hbond substituents is 1. The van der Waals surface area contributed by atoms with Gasteiger partial charge in [-0.05, 0) is 64.6 Å². The predicted octanol–water partition coefficient (Wildman–Crippen LogP) is 5.47. The minimum atomic E-state index is -0.866. The van der Waals surface area contributed by atoms with E-state index in [4.69, 9.17) is 4.74 Å². The third kappa shape index (κ3) is 2.71. The van der Waals surface area contributed by atoms with Gasteiger partial charge in [0.1, 0.15) is 11.5 Å². The molecule has 0 bridgehead atoms. The highest BCUT2D eigenvalue weighted by Crippen LogP contribution is 2.56. The first-order chi connectivity index (χ1) is 14.6. The van der Waals surface area contributed by atoms with Gasteiger partial charge >= 0.3 is 0 Å². The highest BCUT2D eigenvalue weighted by atomic mass is 16.6. The fraction of sp³-hybridized carbons (Fsp3) is 0.111. The Morgan fingerprint density at radius 3 is 1.63 bits per heavy atom. The number of hydrogen-bond donors (Lipinski definition) is 2. The summed E-state index contributed by atoms with van der Waals surface area (Å²) in [7, 11) is 0. The van der Waals surface area contributed by atoms with E-state index in [0.29, 0.717) is 5.75 Å². The normalized spacial score (nSPS) is 14.6. The zero-order valence-corrected chi connectivity index (χ0v) is 16.6. The van der Waals surface area contributed by atoms with Gasteiger partial charge < -0.3 is 14.9 Å². The Morgan fingerprint density at radius 2 is 1.13 bits per heavy atom. The average molecular weight is 394 g/mol. The van der Waals surface area contributed by atoms with Crippen LogP contribution in [0.3, 0.4) is 0 Å². The quantitative estimate of drug-likeness (QED) is 0.397. The molecule has 1 unspecified atom stereocenters. The summed E-state index contributed by atoms with van der Waals surface area (Å²) in [6, 6.07) is 32.4. The lowest BCUT2D eigenvalue weighted by molar-refractivity contribution is -0.000308. The van der Waals surface area contributed by atoms with Crippen molar-refractivity contribution in [2.75, 3.05) is 0 Å². The van der Waals surface area contributed by atoms with Gasteiger partial charge in [-0.1, -0.05) is 72.8 Å². The molecule has 0 heterocycles. The summed E-state index contributed by atoms with van der Waals surface area (Å²) >= 11 is 0. The second-order valence-corrected chi connectivity index (χ2v) is 7.63. The highest BCUT2D eigenvalue weighted by Gasteiger charge is 2.45. The topological polar surface area (TPSA) is 49.7 Å². The van der Waals surface area contributed by atoms with Gasteiger partial charge in [-0.3, -0.25) is 0 Å². The van der Waals surface area contributed by atoms with Crippen LogP contribution in [-0.4, -0.2) is 16.5 Å². The number of aliphatic hydroxyl groups is 1. The summed E-state index contributed by atoms with van der Waals surface area (Å²) in [6.07, 6.45) is -0.866. The number of aliphatic hydroxyl groups excluding tert-OH is 1. The van der Waals surface area contributed by atoms with Gasteiger partial charge in [-0.25, -0.2) is 0 Å². The molecule has 0 aliphatic heterocycles. The molecule has 0 radical (unpaired) electrons. The predicted molar refractivity (Wildman–Crippen MR) is 118 cm³/mol. The monoisotopic (exact) mass is 394 g/mol. The molecule has 4 aromatic carbocycles. The van der Waals surface area contributed by atoms with Crippen molar-refractivity contribution in [1.82, 2.24) is 0 Å². The standard InChI is InChI=1S/C27H22O3/c1-18(28)30-22-16-12-20(13-17-22)27(19-10-14-21(29)15-11-19)25-8-4-2-6-23(25)24-7-3-5-9-26(24)27/h2-18,28-29H,1H3. The number of aromatic hydroxyl groups is 1. The molecular weight excluding hydrogens is 372 g/mol. The Morgan fingerprint density at radius 1 is 0.667 bits per heavy atom. The van der Waals surface area contributed by atoms with Crippen LogP contribution in [0.15, 0.2) is 97.1 Å². The van der Waals surface area contributed by atoms with E-state index in [0.717, 1.165) is 11.1 Å². The van der Waals surface area contributed by atoms with E-state index in [1.165, 1.54) is 22.3 Å². The molecule has 4 aromatic rings. The molecule has 5 rings (SSSR count). The lowest BCUT2D eigenvalue weighted by atomic mass is 9.68. The Hall–Kier alpha value is -3.56. The van der Waals surface area contributed by atoms with Crippen molar-refractivity contribution in [3.05, 3.63) is 119 Å². The number of hydrogen-bond acceptors (Lipinski definition) is 3. The molecule has 148 valence electrons. The van der Waals surface area contributed by atoms with Crippen LogP contribution in [0, 0.1) is 0 Å². The lowest BCUT2D eigenvalue weighted by Gasteiger charge is -2.34. The molecule has 3 heteroatoms. The molecule has 0 amide bonds. The van der Waals surface area contributed by atoms with Crippen molar-refractivity contribution in [3.8, 4) is 22.6 Å². The highest BCUT2D eigenvalue weighted by molar-refractivity contribution is 5.86. The summed E-state index contributed by atoms with van der Waals surface area (Å²) < 4.78 is 5.45. The Labute approximate surface area is 175 Å².